The van der Waals surface area contributed by atoms with Crippen LogP contribution in [0.3, 0.4) is 0 Å². The van der Waals surface area contributed by atoms with Crippen LogP contribution in [-0.4, -0.2) is 0 Å². The van der Waals surface area contributed by atoms with Gasteiger partial charge < -0.3 is 0 Å². The Balaban J connectivity index is 3.20. The summed E-state index contributed by atoms with van der Waals surface area (Å²) in [6.07, 6.45) is 5.94. The topological polar surface area (TPSA) is 0 Å². The molecule has 62 valence electrons. The Bertz CT molecular complexity index is 336. The van der Waals surface area contributed by atoms with Crippen molar-refractivity contribution in [1.82, 2.24) is 0 Å². The lowest BCUT2D eigenvalue weighted by atomic mass is 10.1. The minimum Gasteiger partial charge on any atom is -0.143 e. The van der Waals surface area contributed by atoms with E-state index >= 15 is 0 Å². The fraction of sp³-hybridized carbons (Fsp3) is 0.200. The predicted octanol–water partition coefficient (Wildman–Crippen LogP) is 3.06. The highest BCUT2D eigenvalue weighted by molar-refractivity contribution is 14.1. The number of benzene rings is 1. The van der Waals surface area contributed by atoms with Crippen molar-refractivity contribution in [3.05, 3.63) is 26.8 Å². The Morgan fingerprint density at radius 1 is 1.58 bits per heavy atom. The maximum Gasteiger partial charge on any atom is 0.0341 e. The molecule has 0 saturated heterocycles. The Kier molecular flexibility index (Phi) is 3.48. The molecule has 0 saturated carbocycles. The molecule has 0 nitrogen and oxygen atoms in total. The molecule has 12 heavy (non-hydrogen) atoms. The van der Waals surface area contributed by atoms with Crippen LogP contribution in [0.1, 0.15) is 11.1 Å². The molecule has 0 atom stereocenters. The molecule has 0 aliphatic carbocycles. The molecule has 0 radical (unpaired) electrons. The molecule has 1 rings (SSSR count). The lowest BCUT2D eigenvalue weighted by Gasteiger charge is -2.05. The van der Waals surface area contributed by atoms with Crippen LogP contribution < -0.4 is 0 Å². The second-order valence-corrected chi connectivity index (χ2v) is 4.32. The van der Waals surface area contributed by atoms with Gasteiger partial charge in [-0.3, -0.25) is 0 Å². The summed E-state index contributed by atoms with van der Waals surface area (Å²) in [4.78, 5) is 1.02. The highest BCUT2D eigenvalue weighted by Crippen LogP contribution is 2.21. The van der Waals surface area contributed by atoms with E-state index in [9.17, 15) is 0 Å². The smallest absolute Gasteiger partial charge is 0.0341 e. The average molecular weight is 288 g/mol. The average Bonchev–Trinajstić information content (AvgIpc) is 2.00. The molecule has 0 heterocycles. The monoisotopic (exact) mass is 288 g/mol. The second kappa shape index (κ2) is 4.20. The number of rotatable bonds is 1. The van der Waals surface area contributed by atoms with E-state index < -0.39 is 0 Å². The highest BCUT2D eigenvalue weighted by Gasteiger charge is 2.01. The summed E-state index contributed by atoms with van der Waals surface area (Å²) in [5, 5.41) is 0. The largest absolute Gasteiger partial charge is 0.143 e. The van der Waals surface area contributed by atoms with Crippen LogP contribution in [0.2, 0.25) is 0 Å². The van der Waals surface area contributed by atoms with Gasteiger partial charge >= 0.3 is 0 Å². The van der Waals surface area contributed by atoms with Gasteiger partial charge in [-0.2, -0.15) is 0 Å². The summed E-state index contributed by atoms with van der Waals surface area (Å²) >= 11 is 6.63. The maximum absolute atomic E-state index is 5.25. The lowest BCUT2D eigenvalue weighted by molar-refractivity contribution is 1.17. The van der Waals surface area contributed by atoms with Gasteiger partial charge in [0.25, 0.3) is 0 Å². The number of thiol groups is 1. The SMILES string of the molecule is C#CCc1cc(I)cc(S)c1C. The van der Waals surface area contributed by atoms with Gasteiger partial charge in [0, 0.05) is 14.9 Å². The fourth-order valence-electron chi connectivity index (χ4n) is 1.01. The van der Waals surface area contributed by atoms with E-state index in [1.165, 1.54) is 14.7 Å². The molecule has 0 aliphatic rings. The maximum atomic E-state index is 5.25. The number of hydrogen-bond acceptors (Lipinski definition) is 1. The molecule has 0 aromatic heterocycles. The zero-order valence-corrected chi connectivity index (χ0v) is 9.82. The van der Waals surface area contributed by atoms with Crippen molar-refractivity contribution in [3.8, 4) is 12.3 Å². The summed E-state index contributed by atoms with van der Waals surface area (Å²) in [6, 6.07) is 4.15. The fourth-order valence-corrected chi connectivity index (χ4v) is 2.23. The van der Waals surface area contributed by atoms with E-state index in [0.29, 0.717) is 6.42 Å². The van der Waals surface area contributed by atoms with Crippen LogP contribution in [0.15, 0.2) is 17.0 Å². The molecule has 0 fully saturated rings. The lowest BCUT2D eigenvalue weighted by Crippen LogP contribution is -1.90. The molecule has 2 heteroatoms. The number of terminal acetylenes is 1. The zero-order valence-electron chi connectivity index (χ0n) is 6.76. The summed E-state index contributed by atoms with van der Waals surface area (Å²) in [5.74, 6) is 2.64. The van der Waals surface area contributed by atoms with Gasteiger partial charge in [0.1, 0.15) is 0 Å². The summed E-state index contributed by atoms with van der Waals surface area (Å²) < 4.78 is 1.19. The normalized spacial score (nSPS) is 9.50. The first-order chi connectivity index (χ1) is 5.65. The Hall–Kier alpha value is -0.140. The third-order valence-corrected chi connectivity index (χ3v) is 2.83. The van der Waals surface area contributed by atoms with Crippen molar-refractivity contribution in [3.63, 3.8) is 0 Å². The van der Waals surface area contributed by atoms with Gasteiger partial charge in [0.2, 0.25) is 0 Å². The second-order valence-electron chi connectivity index (χ2n) is 2.59. The van der Waals surface area contributed by atoms with E-state index in [4.69, 9.17) is 6.42 Å². The summed E-state index contributed by atoms with van der Waals surface area (Å²) in [5.41, 5.74) is 2.39. The molecule has 0 amide bonds. The van der Waals surface area contributed by atoms with Crippen LogP contribution >= 0.6 is 35.2 Å². The molecule has 1 aromatic carbocycles. The van der Waals surface area contributed by atoms with Gasteiger partial charge in [-0.25, -0.2) is 0 Å². The minimum atomic E-state index is 0.691. The van der Waals surface area contributed by atoms with Gasteiger partial charge in [-0.1, -0.05) is 0 Å². The Labute approximate surface area is 92.3 Å². The molecular formula is C10H9IS. The van der Waals surface area contributed by atoms with Crippen molar-refractivity contribution in [1.29, 1.82) is 0 Å². The van der Waals surface area contributed by atoms with Crippen molar-refractivity contribution < 1.29 is 0 Å². The standard InChI is InChI=1S/C10H9IS/c1-3-4-8-5-9(11)6-10(12)7(8)2/h1,5-6,12H,4H2,2H3. The van der Waals surface area contributed by atoms with E-state index in [-0.39, 0.29) is 0 Å². The van der Waals surface area contributed by atoms with Crippen molar-refractivity contribution in [2.45, 2.75) is 18.2 Å². The predicted molar refractivity (Wildman–Crippen MR) is 63.7 cm³/mol. The quantitative estimate of drug-likeness (QED) is 0.458. The van der Waals surface area contributed by atoms with Gasteiger partial charge in [-0.15, -0.1) is 25.0 Å². The number of halogens is 1. The first-order valence-corrected chi connectivity index (χ1v) is 5.09. The van der Waals surface area contributed by atoms with Crippen LogP contribution in [0, 0.1) is 22.8 Å². The minimum absolute atomic E-state index is 0.691. The third kappa shape index (κ3) is 2.18. The van der Waals surface area contributed by atoms with E-state index in [2.05, 4.69) is 47.2 Å². The molecule has 0 unspecified atom stereocenters. The molecule has 0 N–H and O–H groups in total. The zero-order chi connectivity index (χ0) is 9.14. The van der Waals surface area contributed by atoms with Crippen LogP contribution in [0.25, 0.3) is 0 Å². The summed E-state index contributed by atoms with van der Waals surface area (Å²) in [6.45, 7) is 2.05. The van der Waals surface area contributed by atoms with Crippen molar-refractivity contribution >= 4 is 35.2 Å². The Morgan fingerprint density at radius 3 is 2.83 bits per heavy atom. The van der Waals surface area contributed by atoms with Gasteiger partial charge in [0.15, 0.2) is 0 Å². The molecule has 0 spiro atoms. The third-order valence-electron chi connectivity index (χ3n) is 1.75. The molecule has 0 aliphatic heterocycles. The highest BCUT2D eigenvalue weighted by atomic mass is 127. The first kappa shape index (κ1) is 9.94. The van der Waals surface area contributed by atoms with Gasteiger partial charge in [-0.05, 0) is 52.8 Å². The summed E-state index contributed by atoms with van der Waals surface area (Å²) in [7, 11) is 0. The molecular weight excluding hydrogens is 279 g/mol. The van der Waals surface area contributed by atoms with Crippen LogP contribution in [0.4, 0.5) is 0 Å². The first-order valence-electron chi connectivity index (χ1n) is 3.56. The van der Waals surface area contributed by atoms with Crippen molar-refractivity contribution in [2.75, 3.05) is 0 Å². The van der Waals surface area contributed by atoms with Crippen LogP contribution in [-0.2, 0) is 6.42 Å². The Morgan fingerprint density at radius 2 is 2.25 bits per heavy atom. The van der Waals surface area contributed by atoms with E-state index in [1.807, 2.05) is 13.0 Å². The molecule has 0 bridgehead atoms. The molecule has 1 aromatic rings. The van der Waals surface area contributed by atoms with Crippen molar-refractivity contribution in [2.24, 2.45) is 0 Å². The van der Waals surface area contributed by atoms with Crippen LogP contribution in [0.5, 0.6) is 0 Å². The number of hydrogen-bond donors (Lipinski definition) is 1. The van der Waals surface area contributed by atoms with Gasteiger partial charge in [0.05, 0.1) is 0 Å². The van der Waals surface area contributed by atoms with E-state index in [1.54, 1.807) is 0 Å². The van der Waals surface area contributed by atoms with E-state index in [0.717, 1.165) is 4.90 Å².